The number of halogens is 1. The fraction of sp³-hybridized carbons (Fsp3) is 0.545. The third-order valence-corrected chi connectivity index (χ3v) is 2.94. The van der Waals surface area contributed by atoms with Crippen LogP contribution in [0.15, 0.2) is 18.3 Å². The molecule has 1 saturated carbocycles. The first-order valence-electron chi connectivity index (χ1n) is 5.17. The number of hydrogen-bond acceptors (Lipinski definition) is 3. The van der Waals surface area contributed by atoms with Gasteiger partial charge in [0.05, 0.1) is 18.3 Å². The molecule has 1 fully saturated rings. The fourth-order valence-electron chi connectivity index (χ4n) is 1.67. The Morgan fingerprint density at radius 1 is 1.67 bits per heavy atom. The quantitative estimate of drug-likeness (QED) is 0.784. The van der Waals surface area contributed by atoms with Crippen molar-refractivity contribution in [3.05, 3.63) is 23.5 Å². The van der Waals surface area contributed by atoms with Crippen molar-refractivity contribution in [1.29, 1.82) is 0 Å². The van der Waals surface area contributed by atoms with Gasteiger partial charge in [0.1, 0.15) is 0 Å². The second kappa shape index (κ2) is 4.81. The summed E-state index contributed by atoms with van der Waals surface area (Å²) >= 11 is 5.98. The van der Waals surface area contributed by atoms with Crippen molar-refractivity contribution >= 4 is 17.3 Å². The molecular weight excluding hydrogens is 212 g/mol. The van der Waals surface area contributed by atoms with Crippen LogP contribution in [0, 0.1) is 5.92 Å². The van der Waals surface area contributed by atoms with Gasteiger partial charge in [0.15, 0.2) is 5.15 Å². The van der Waals surface area contributed by atoms with E-state index in [0.29, 0.717) is 11.2 Å². The molecule has 1 aliphatic carbocycles. The number of methoxy groups -OCH3 is 1. The highest BCUT2D eigenvalue weighted by molar-refractivity contribution is 6.31. The molecule has 0 radical (unpaired) electrons. The van der Waals surface area contributed by atoms with Crippen molar-refractivity contribution in [1.82, 2.24) is 4.98 Å². The number of pyridine rings is 1. The number of rotatable bonds is 5. The predicted molar refractivity (Wildman–Crippen MR) is 61.3 cm³/mol. The van der Waals surface area contributed by atoms with E-state index in [9.17, 15) is 0 Å². The van der Waals surface area contributed by atoms with Crippen molar-refractivity contribution in [3.8, 4) is 0 Å². The SMILES string of the molecule is COCC(Nc1cccnc1Cl)C1CC1. The van der Waals surface area contributed by atoms with Crippen molar-refractivity contribution in [2.75, 3.05) is 19.0 Å². The first-order valence-corrected chi connectivity index (χ1v) is 5.55. The Balaban J connectivity index is 2.02. The van der Waals surface area contributed by atoms with Crippen LogP contribution in [-0.4, -0.2) is 24.7 Å². The van der Waals surface area contributed by atoms with Gasteiger partial charge in [-0.25, -0.2) is 4.98 Å². The van der Waals surface area contributed by atoms with Crippen LogP contribution in [0.3, 0.4) is 0 Å². The van der Waals surface area contributed by atoms with Crippen LogP contribution >= 0.6 is 11.6 Å². The molecule has 0 aromatic carbocycles. The smallest absolute Gasteiger partial charge is 0.152 e. The molecule has 1 unspecified atom stereocenters. The molecular formula is C11H15ClN2O. The molecule has 0 aliphatic heterocycles. The number of nitrogens with zero attached hydrogens (tertiary/aromatic N) is 1. The fourth-order valence-corrected chi connectivity index (χ4v) is 1.84. The van der Waals surface area contributed by atoms with Gasteiger partial charge in [0.2, 0.25) is 0 Å². The van der Waals surface area contributed by atoms with Crippen molar-refractivity contribution in [2.24, 2.45) is 5.92 Å². The van der Waals surface area contributed by atoms with Gasteiger partial charge in [-0.15, -0.1) is 0 Å². The number of aromatic nitrogens is 1. The standard InChI is InChI=1S/C11H15ClN2O/c1-15-7-10(8-4-5-8)14-9-3-2-6-13-11(9)12/h2-3,6,8,10,14H,4-5,7H2,1H3. The summed E-state index contributed by atoms with van der Waals surface area (Å²) in [6, 6.07) is 4.18. The van der Waals surface area contributed by atoms with Crippen LogP contribution < -0.4 is 5.32 Å². The second-order valence-electron chi connectivity index (χ2n) is 3.89. The summed E-state index contributed by atoms with van der Waals surface area (Å²) < 4.78 is 5.19. The van der Waals surface area contributed by atoms with E-state index >= 15 is 0 Å². The molecule has 1 heterocycles. The van der Waals surface area contributed by atoms with Gasteiger partial charge < -0.3 is 10.1 Å². The highest BCUT2D eigenvalue weighted by atomic mass is 35.5. The second-order valence-corrected chi connectivity index (χ2v) is 4.24. The van der Waals surface area contributed by atoms with Crippen LogP contribution in [0.5, 0.6) is 0 Å². The molecule has 2 rings (SSSR count). The number of anilines is 1. The molecule has 4 heteroatoms. The molecule has 0 spiro atoms. The number of nitrogens with one attached hydrogen (secondary N) is 1. The topological polar surface area (TPSA) is 34.1 Å². The molecule has 0 amide bonds. The Hall–Kier alpha value is -0.800. The molecule has 1 aromatic rings. The van der Waals surface area contributed by atoms with Crippen LogP contribution in [0.4, 0.5) is 5.69 Å². The molecule has 15 heavy (non-hydrogen) atoms. The Bertz CT molecular complexity index is 328. The lowest BCUT2D eigenvalue weighted by atomic mass is 10.2. The Morgan fingerprint density at radius 2 is 2.47 bits per heavy atom. The number of ether oxygens (including phenoxy) is 1. The maximum atomic E-state index is 5.98. The zero-order valence-corrected chi connectivity index (χ0v) is 9.50. The molecule has 1 aromatic heterocycles. The summed E-state index contributed by atoms with van der Waals surface area (Å²) in [5.74, 6) is 0.723. The summed E-state index contributed by atoms with van der Waals surface area (Å²) in [6.45, 7) is 0.718. The van der Waals surface area contributed by atoms with Gasteiger partial charge in [-0.3, -0.25) is 0 Å². The summed E-state index contributed by atoms with van der Waals surface area (Å²) in [5.41, 5.74) is 0.896. The summed E-state index contributed by atoms with van der Waals surface area (Å²) in [6.07, 6.45) is 4.24. The third-order valence-electron chi connectivity index (χ3n) is 2.64. The zero-order chi connectivity index (χ0) is 10.7. The van der Waals surface area contributed by atoms with Crippen LogP contribution in [-0.2, 0) is 4.74 Å². The molecule has 0 bridgehead atoms. The Labute approximate surface area is 94.8 Å². The van der Waals surface area contributed by atoms with E-state index < -0.39 is 0 Å². The molecule has 82 valence electrons. The molecule has 3 nitrogen and oxygen atoms in total. The van der Waals surface area contributed by atoms with Crippen LogP contribution in [0.2, 0.25) is 5.15 Å². The summed E-state index contributed by atoms with van der Waals surface area (Å²) in [5, 5.41) is 3.92. The van der Waals surface area contributed by atoms with E-state index in [4.69, 9.17) is 16.3 Å². The average Bonchev–Trinajstić information content (AvgIpc) is 3.04. The average molecular weight is 227 g/mol. The van der Waals surface area contributed by atoms with Gasteiger partial charge in [0, 0.05) is 13.3 Å². The van der Waals surface area contributed by atoms with E-state index in [1.54, 1.807) is 13.3 Å². The van der Waals surface area contributed by atoms with Gasteiger partial charge in [-0.2, -0.15) is 0 Å². The lowest BCUT2D eigenvalue weighted by molar-refractivity contribution is 0.179. The molecule has 0 saturated heterocycles. The van der Waals surface area contributed by atoms with Crippen molar-refractivity contribution in [3.63, 3.8) is 0 Å². The van der Waals surface area contributed by atoms with E-state index in [1.165, 1.54) is 12.8 Å². The zero-order valence-electron chi connectivity index (χ0n) is 8.74. The minimum atomic E-state index is 0.358. The first-order chi connectivity index (χ1) is 7.31. The lowest BCUT2D eigenvalue weighted by Gasteiger charge is -2.18. The highest BCUT2D eigenvalue weighted by Crippen LogP contribution is 2.35. The minimum absolute atomic E-state index is 0.358. The minimum Gasteiger partial charge on any atom is -0.383 e. The molecule has 1 N–H and O–H groups in total. The third kappa shape index (κ3) is 2.83. The maximum absolute atomic E-state index is 5.98. The van der Waals surface area contributed by atoms with E-state index in [0.717, 1.165) is 18.2 Å². The van der Waals surface area contributed by atoms with E-state index in [-0.39, 0.29) is 0 Å². The van der Waals surface area contributed by atoms with E-state index in [1.807, 2.05) is 12.1 Å². The monoisotopic (exact) mass is 226 g/mol. The first kappa shape index (κ1) is 10.7. The normalized spacial score (nSPS) is 17.5. The molecule has 1 aliphatic rings. The maximum Gasteiger partial charge on any atom is 0.152 e. The summed E-state index contributed by atoms with van der Waals surface area (Å²) in [7, 11) is 1.72. The lowest BCUT2D eigenvalue weighted by Crippen LogP contribution is -2.27. The largest absolute Gasteiger partial charge is 0.383 e. The van der Waals surface area contributed by atoms with E-state index in [2.05, 4.69) is 10.3 Å². The number of hydrogen-bond donors (Lipinski definition) is 1. The van der Waals surface area contributed by atoms with Gasteiger partial charge >= 0.3 is 0 Å². The summed E-state index contributed by atoms with van der Waals surface area (Å²) in [4.78, 5) is 4.03. The Kier molecular flexibility index (Phi) is 3.44. The van der Waals surface area contributed by atoms with Gasteiger partial charge in [0.25, 0.3) is 0 Å². The van der Waals surface area contributed by atoms with Gasteiger partial charge in [-0.1, -0.05) is 11.6 Å². The van der Waals surface area contributed by atoms with Crippen molar-refractivity contribution in [2.45, 2.75) is 18.9 Å². The van der Waals surface area contributed by atoms with Crippen LogP contribution in [0.25, 0.3) is 0 Å². The van der Waals surface area contributed by atoms with Crippen LogP contribution in [0.1, 0.15) is 12.8 Å². The van der Waals surface area contributed by atoms with Crippen molar-refractivity contribution < 1.29 is 4.74 Å². The Morgan fingerprint density at radius 3 is 3.07 bits per heavy atom. The van der Waals surface area contributed by atoms with Gasteiger partial charge in [-0.05, 0) is 30.9 Å². The molecule has 1 atom stereocenters. The predicted octanol–water partition coefficient (Wildman–Crippen LogP) is 2.57. The highest BCUT2D eigenvalue weighted by Gasteiger charge is 2.31.